The van der Waals surface area contributed by atoms with E-state index in [4.69, 9.17) is 4.74 Å². The van der Waals surface area contributed by atoms with Gasteiger partial charge in [0.2, 0.25) is 0 Å². The van der Waals surface area contributed by atoms with E-state index >= 15 is 0 Å². The number of benzene rings is 2. The van der Waals surface area contributed by atoms with Gasteiger partial charge in [0, 0.05) is 0 Å². The minimum atomic E-state index is 0.973. The maximum absolute atomic E-state index is 5.50. The first kappa shape index (κ1) is 16.6. The van der Waals surface area contributed by atoms with Gasteiger partial charge in [-0.05, 0) is 30.2 Å². The van der Waals surface area contributed by atoms with Gasteiger partial charge in [0.25, 0.3) is 0 Å². The first-order valence-corrected chi connectivity index (χ1v) is 8.70. The predicted molar refractivity (Wildman–Crippen MR) is 101 cm³/mol. The summed E-state index contributed by atoms with van der Waals surface area (Å²) < 4.78 is 5.50. The SMILES string of the molecule is COc1ccccc1N1CC[NH+](C/C(C)=C\c2ccccc2)CC1. The zero-order valence-electron chi connectivity index (χ0n) is 14.7. The number of nitrogens with zero attached hydrogens (tertiary/aromatic N) is 1. The van der Waals surface area contributed by atoms with Crippen molar-refractivity contribution in [2.45, 2.75) is 6.92 Å². The number of ether oxygens (including phenoxy) is 1. The van der Waals surface area contributed by atoms with Crippen LogP contribution in [0.2, 0.25) is 0 Å². The third kappa shape index (κ3) is 4.18. The second kappa shape index (κ2) is 8.02. The summed E-state index contributed by atoms with van der Waals surface area (Å²) in [7, 11) is 1.75. The van der Waals surface area contributed by atoms with Gasteiger partial charge in [0.15, 0.2) is 0 Å². The van der Waals surface area contributed by atoms with Crippen molar-refractivity contribution < 1.29 is 9.64 Å². The minimum Gasteiger partial charge on any atom is -0.495 e. The molecule has 1 fully saturated rings. The van der Waals surface area contributed by atoms with Gasteiger partial charge in [0.05, 0.1) is 45.5 Å². The highest BCUT2D eigenvalue weighted by Crippen LogP contribution is 2.27. The molecule has 0 spiro atoms. The van der Waals surface area contributed by atoms with E-state index in [-0.39, 0.29) is 0 Å². The molecule has 0 atom stereocenters. The quantitative estimate of drug-likeness (QED) is 0.910. The van der Waals surface area contributed by atoms with E-state index in [1.54, 1.807) is 12.0 Å². The first-order valence-electron chi connectivity index (χ1n) is 8.70. The molecule has 0 radical (unpaired) electrons. The molecule has 24 heavy (non-hydrogen) atoms. The predicted octanol–water partition coefficient (Wildman–Crippen LogP) is 2.50. The highest BCUT2D eigenvalue weighted by molar-refractivity contribution is 5.58. The summed E-state index contributed by atoms with van der Waals surface area (Å²) in [6, 6.07) is 18.9. The molecule has 3 heteroatoms. The van der Waals surface area contributed by atoms with Crippen LogP contribution in [0.25, 0.3) is 6.08 Å². The summed E-state index contributed by atoms with van der Waals surface area (Å²) >= 11 is 0. The fourth-order valence-corrected chi connectivity index (χ4v) is 3.41. The number of piperazine rings is 1. The Morgan fingerprint density at radius 3 is 2.42 bits per heavy atom. The molecule has 0 bridgehead atoms. The molecule has 1 aliphatic heterocycles. The monoisotopic (exact) mass is 323 g/mol. The summed E-state index contributed by atoms with van der Waals surface area (Å²) in [5.74, 6) is 0.973. The van der Waals surface area contributed by atoms with Crippen LogP contribution in [-0.2, 0) is 0 Å². The zero-order valence-corrected chi connectivity index (χ0v) is 14.7. The van der Waals surface area contributed by atoms with Crippen molar-refractivity contribution in [1.29, 1.82) is 0 Å². The van der Waals surface area contributed by atoms with E-state index in [1.807, 2.05) is 12.1 Å². The Bertz CT molecular complexity index is 673. The zero-order chi connectivity index (χ0) is 16.8. The maximum atomic E-state index is 5.50. The molecule has 1 saturated heterocycles. The lowest BCUT2D eigenvalue weighted by molar-refractivity contribution is -0.895. The third-order valence-electron chi connectivity index (χ3n) is 4.64. The molecule has 0 amide bonds. The Morgan fingerprint density at radius 2 is 1.71 bits per heavy atom. The van der Waals surface area contributed by atoms with Crippen molar-refractivity contribution in [2.24, 2.45) is 0 Å². The Morgan fingerprint density at radius 1 is 1.04 bits per heavy atom. The van der Waals surface area contributed by atoms with Crippen molar-refractivity contribution in [2.75, 3.05) is 44.7 Å². The van der Waals surface area contributed by atoms with Crippen LogP contribution in [0.4, 0.5) is 5.69 Å². The molecular weight excluding hydrogens is 296 g/mol. The average molecular weight is 323 g/mol. The maximum Gasteiger partial charge on any atom is 0.142 e. The lowest BCUT2D eigenvalue weighted by Crippen LogP contribution is -3.15. The number of quaternary nitrogens is 1. The van der Waals surface area contributed by atoms with Crippen LogP contribution in [0.15, 0.2) is 60.2 Å². The van der Waals surface area contributed by atoms with Gasteiger partial charge >= 0.3 is 0 Å². The summed E-state index contributed by atoms with van der Waals surface area (Å²) in [5.41, 5.74) is 3.96. The second-order valence-electron chi connectivity index (χ2n) is 6.49. The Balaban J connectivity index is 1.56. The summed E-state index contributed by atoms with van der Waals surface area (Å²) in [5, 5.41) is 0. The topological polar surface area (TPSA) is 16.9 Å². The molecule has 1 N–H and O–H groups in total. The van der Waals surface area contributed by atoms with Gasteiger partial charge < -0.3 is 14.5 Å². The van der Waals surface area contributed by atoms with E-state index in [2.05, 4.69) is 60.4 Å². The largest absolute Gasteiger partial charge is 0.495 e. The summed E-state index contributed by atoms with van der Waals surface area (Å²) in [4.78, 5) is 4.10. The van der Waals surface area contributed by atoms with Gasteiger partial charge in [-0.1, -0.05) is 48.5 Å². The molecule has 3 rings (SSSR count). The standard InChI is InChI=1S/C21H26N2O/c1-18(16-19-8-4-3-5-9-19)17-22-12-14-23(15-13-22)20-10-6-7-11-21(20)24-2/h3-11,16H,12-15,17H2,1-2H3/p+1/b18-16-. The molecule has 0 aliphatic carbocycles. The van der Waals surface area contributed by atoms with Gasteiger partial charge in [-0.3, -0.25) is 0 Å². The molecule has 1 aliphatic rings. The van der Waals surface area contributed by atoms with E-state index in [1.165, 1.54) is 16.8 Å². The Kier molecular flexibility index (Phi) is 5.55. The van der Waals surface area contributed by atoms with E-state index in [0.717, 1.165) is 38.5 Å². The van der Waals surface area contributed by atoms with Crippen LogP contribution in [0.3, 0.4) is 0 Å². The van der Waals surface area contributed by atoms with Crippen molar-refractivity contribution in [3.63, 3.8) is 0 Å². The van der Waals surface area contributed by atoms with Crippen LogP contribution < -0.4 is 14.5 Å². The summed E-state index contributed by atoms with van der Waals surface area (Å²) in [6.45, 7) is 7.85. The highest BCUT2D eigenvalue weighted by Gasteiger charge is 2.22. The smallest absolute Gasteiger partial charge is 0.142 e. The second-order valence-corrected chi connectivity index (χ2v) is 6.49. The van der Waals surface area contributed by atoms with Gasteiger partial charge in [-0.25, -0.2) is 0 Å². The molecule has 0 aromatic heterocycles. The van der Waals surface area contributed by atoms with Crippen molar-refractivity contribution in [3.8, 4) is 5.75 Å². The molecule has 126 valence electrons. The van der Waals surface area contributed by atoms with Crippen molar-refractivity contribution in [1.82, 2.24) is 0 Å². The average Bonchev–Trinajstić information content (AvgIpc) is 2.63. The minimum absolute atomic E-state index is 0.973. The highest BCUT2D eigenvalue weighted by atomic mass is 16.5. The normalized spacial score (nSPS) is 16.2. The number of hydrogen-bond acceptors (Lipinski definition) is 2. The van der Waals surface area contributed by atoms with Gasteiger partial charge in [-0.15, -0.1) is 0 Å². The van der Waals surface area contributed by atoms with Crippen LogP contribution in [0.1, 0.15) is 12.5 Å². The summed E-state index contributed by atoms with van der Waals surface area (Å²) in [6.07, 6.45) is 2.31. The van der Waals surface area contributed by atoms with Crippen LogP contribution in [0, 0.1) is 0 Å². The molecule has 2 aromatic rings. The van der Waals surface area contributed by atoms with E-state index < -0.39 is 0 Å². The molecule has 0 saturated carbocycles. The Labute approximate surface area is 145 Å². The van der Waals surface area contributed by atoms with Gasteiger partial charge in [-0.2, -0.15) is 0 Å². The third-order valence-corrected chi connectivity index (χ3v) is 4.64. The lowest BCUT2D eigenvalue weighted by atomic mass is 10.1. The van der Waals surface area contributed by atoms with Crippen LogP contribution >= 0.6 is 0 Å². The molecule has 1 heterocycles. The first-order chi connectivity index (χ1) is 11.8. The van der Waals surface area contributed by atoms with Crippen LogP contribution in [0.5, 0.6) is 5.75 Å². The van der Waals surface area contributed by atoms with Crippen molar-refractivity contribution >= 4 is 11.8 Å². The molecular formula is C21H27N2O+. The van der Waals surface area contributed by atoms with Crippen molar-refractivity contribution in [3.05, 3.63) is 65.7 Å². The lowest BCUT2D eigenvalue weighted by Gasteiger charge is -2.34. The number of methoxy groups -OCH3 is 1. The number of para-hydroxylation sites is 2. The molecule has 2 aromatic carbocycles. The fraction of sp³-hybridized carbons (Fsp3) is 0.333. The van der Waals surface area contributed by atoms with E-state index in [9.17, 15) is 0 Å². The Hall–Kier alpha value is -2.26. The molecule has 0 unspecified atom stereocenters. The molecule has 3 nitrogen and oxygen atoms in total. The van der Waals surface area contributed by atoms with E-state index in [0.29, 0.717) is 0 Å². The number of nitrogens with one attached hydrogen (secondary N) is 1. The fourth-order valence-electron chi connectivity index (χ4n) is 3.41. The number of anilines is 1. The number of rotatable bonds is 5. The van der Waals surface area contributed by atoms with Crippen LogP contribution in [-0.4, -0.2) is 39.8 Å². The van der Waals surface area contributed by atoms with Gasteiger partial charge in [0.1, 0.15) is 5.75 Å². The number of hydrogen-bond donors (Lipinski definition) is 1.